The summed E-state index contributed by atoms with van der Waals surface area (Å²) in [6.45, 7) is 1.37. The molecule has 0 aliphatic carbocycles. The van der Waals surface area contributed by atoms with Crippen LogP contribution in [0.1, 0.15) is 26.3 Å². The van der Waals surface area contributed by atoms with E-state index in [4.69, 9.17) is 0 Å². The van der Waals surface area contributed by atoms with Crippen LogP contribution in [0.5, 0.6) is 0 Å². The first-order chi connectivity index (χ1) is 13.4. The first-order valence-electron chi connectivity index (χ1n) is 8.99. The molecule has 0 radical (unpaired) electrons. The summed E-state index contributed by atoms with van der Waals surface area (Å²) < 4.78 is 0.720. The van der Waals surface area contributed by atoms with E-state index in [9.17, 15) is 14.4 Å². The summed E-state index contributed by atoms with van der Waals surface area (Å²) in [6, 6.07) is 14.6. The van der Waals surface area contributed by atoms with Gasteiger partial charge in [0.2, 0.25) is 5.91 Å². The fourth-order valence-corrected chi connectivity index (χ4v) is 3.42. The molecular formula is C21H22BrN3O3. The Hall–Kier alpha value is -2.51. The van der Waals surface area contributed by atoms with Gasteiger partial charge in [-0.15, -0.1) is 0 Å². The van der Waals surface area contributed by atoms with E-state index >= 15 is 0 Å². The molecule has 146 valence electrons. The van der Waals surface area contributed by atoms with Gasteiger partial charge in [0.1, 0.15) is 6.54 Å². The fourth-order valence-electron chi connectivity index (χ4n) is 3.06. The van der Waals surface area contributed by atoms with Crippen molar-refractivity contribution >= 4 is 33.7 Å². The molecule has 7 heteroatoms. The lowest BCUT2D eigenvalue weighted by atomic mass is 10.1. The van der Waals surface area contributed by atoms with Crippen LogP contribution in [0.15, 0.2) is 53.0 Å². The Balaban J connectivity index is 1.76. The van der Waals surface area contributed by atoms with Gasteiger partial charge in [-0.2, -0.15) is 0 Å². The molecule has 6 nitrogen and oxygen atoms in total. The average Bonchev–Trinajstić information content (AvgIpc) is 2.90. The number of hydrogen-bond donors (Lipinski definition) is 0. The molecule has 1 aliphatic heterocycles. The van der Waals surface area contributed by atoms with Crippen LogP contribution in [0.2, 0.25) is 0 Å². The van der Waals surface area contributed by atoms with Crippen LogP contribution in [0.3, 0.4) is 0 Å². The van der Waals surface area contributed by atoms with E-state index in [0.717, 1.165) is 14.9 Å². The van der Waals surface area contributed by atoms with Crippen LogP contribution in [0, 0.1) is 0 Å². The lowest BCUT2D eigenvalue weighted by Gasteiger charge is -2.26. The summed E-state index contributed by atoms with van der Waals surface area (Å²) in [6.07, 6.45) is 0. The van der Waals surface area contributed by atoms with Crippen LogP contribution in [0.4, 0.5) is 0 Å². The predicted octanol–water partition coefficient (Wildman–Crippen LogP) is 2.64. The summed E-state index contributed by atoms with van der Waals surface area (Å²) in [4.78, 5) is 43.0. The highest BCUT2D eigenvalue weighted by molar-refractivity contribution is 9.10. The second-order valence-corrected chi connectivity index (χ2v) is 7.91. The molecule has 0 saturated heterocycles. The summed E-state index contributed by atoms with van der Waals surface area (Å²) in [7, 11) is 3.88. The number of imide groups is 1. The summed E-state index contributed by atoms with van der Waals surface area (Å²) in [5, 5.41) is 0. The van der Waals surface area contributed by atoms with Gasteiger partial charge in [0, 0.05) is 24.1 Å². The number of likely N-dealkylation sites (N-methyl/N-ethyl adjacent to an activating group) is 1. The maximum atomic E-state index is 13.0. The Kier molecular flexibility index (Phi) is 6.26. The number of amides is 3. The zero-order chi connectivity index (χ0) is 20.3. The smallest absolute Gasteiger partial charge is 0.262 e. The first-order valence-corrected chi connectivity index (χ1v) is 9.78. The third-order valence-corrected chi connectivity index (χ3v) is 5.11. The molecule has 0 N–H and O–H groups in total. The van der Waals surface area contributed by atoms with Crippen LogP contribution in [-0.4, -0.2) is 66.2 Å². The number of carbonyl (C=O) groups excluding carboxylic acids is 3. The fraction of sp³-hybridized carbons (Fsp3) is 0.286. The van der Waals surface area contributed by atoms with Crippen LogP contribution >= 0.6 is 15.9 Å². The molecule has 0 atom stereocenters. The largest absolute Gasteiger partial charge is 0.336 e. The minimum Gasteiger partial charge on any atom is -0.336 e. The number of halogens is 1. The Morgan fingerprint density at radius 2 is 1.64 bits per heavy atom. The molecule has 0 fully saturated rings. The second-order valence-electron chi connectivity index (χ2n) is 6.99. The summed E-state index contributed by atoms with van der Waals surface area (Å²) in [5.41, 5.74) is 1.67. The number of carbonyl (C=O) groups is 3. The van der Waals surface area contributed by atoms with Crippen molar-refractivity contribution in [3.8, 4) is 0 Å². The standard InChI is InChI=1S/C21H22BrN3O3/c1-23(2)10-11-24(13-15-6-4-3-5-7-15)19(26)14-25-20(27)17-9-8-16(22)12-18(17)21(25)28/h3-9,12H,10-11,13-14H2,1-2H3. The molecule has 3 amide bonds. The molecule has 0 spiro atoms. The van der Waals surface area contributed by atoms with E-state index in [2.05, 4.69) is 15.9 Å². The molecular weight excluding hydrogens is 422 g/mol. The Labute approximate surface area is 172 Å². The molecule has 28 heavy (non-hydrogen) atoms. The number of nitrogens with zero attached hydrogens (tertiary/aromatic N) is 3. The van der Waals surface area contributed by atoms with Gasteiger partial charge in [-0.25, -0.2) is 0 Å². The third kappa shape index (κ3) is 4.48. The van der Waals surface area contributed by atoms with Crippen molar-refractivity contribution < 1.29 is 14.4 Å². The minimum atomic E-state index is -0.429. The van der Waals surface area contributed by atoms with Crippen LogP contribution in [0.25, 0.3) is 0 Å². The summed E-state index contributed by atoms with van der Waals surface area (Å²) in [5.74, 6) is -1.10. The Bertz CT molecular complexity index is 899. The van der Waals surface area contributed by atoms with Gasteiger partial charge in [-0.3, -0.25) is 19.3 Å². The molecule has 3 rings (SSSR count). The molecule has 0 saturated carbocycles. The maximum Gasteiger partial charge on any atom is 0.262 e. The predicted molar refractivity (Wildman–Crippen MR) is 110 cm³/mol. The SMILES string of the molecule is CN(C)CCN(Cc1ccccc1)C(=O)CN1C(=O)c2ccc(Br)cc2C1=O. The summed E-state index contributed by atoms with van der Waals surface area (Å²) >= 11 is 3.32. The monoisotopic (exact) mass is 443 g/mol. The normalized spacial score (nSPS) is 13.2. The molecule has 1 aliphatic rings. The third-order valence-electron chi connectivity index (χ3n) is 4.61. The zero-order valence-corrected chi connectivity index (χ0v) is 17.5. The quantitative estimate of drug-likeness (QED) is 0.617. The molecule has 0 unspecified atom stereocenters. The molecule has 2 aromatic rings. The zero-order valence-electron chi connectivity index (χ0n) is 15.9. The van der Waals surface area contributed by atoms with Crippen molar-refractivity contribution in [3.63, 3.8) is 0 Å². The van der Waals surface area contributed by atoms with Crippen molar-refractivity contribution in [1.82, 2.24) is 14.7 Å². The van der Waals surface area contributed by atoms with Gasteiger partial charge in [0.25, 0.3) is 11.8 Å². The van der Waals surface area contributed by atoms with Gasteiger partial charge < -0.3 is 9.80 Å². The van der Waals surface area contributed by atoms with Crippen molar-refractivity contribution in [2.45, 2.75) is 6.54 Å². The van der Waals surface area contributed by atoms with Crippen LogP contribution < -0.4 is 0 Å². The van der Waals surface area contributed by atoms with Crippen molar-refractivity contribution in [2.24, 2.45) is 0 Å². The van der Waals surface area contributed by atoms with Crippen molar-refractivity contribution in [1.29, 1.82) is 0 Å². The highest BCUT2D eigenvalue weighted by atomic mass is 79.9. The Morgan fingerprint density at radius 1 is 0.964 bits per heavy atom. The first kappa shape index (κ1) is 20.2. The van der Waals surface area contributed by atoms with E-state index < -0.39 is 11.8 Å². The van der Waals surface area contributed by atoms with E-state index in [1.165, 1.54) is 0 Å². The maximum absolute atomic E-state index is 13.0. The number of rotatable bonds is 7. The number of hydrogen-bond acceptors (Lipinski definition) is 4. The molecule has 1 heterocycles. The van der Waals surface area contributed by atoms with Crippen molar-refractivity contribution in [3.05, 3.63) is 69.7 Å². The molecule has 2 aromatic carbocycles. The lowest BCUT2D eigenvalue weighted by molar-refractivity contribution is -0.132. The van der Waals surface area contributed by atoms with Gasteiger partial charge in [0.15, 0.2) is 0 Å². The van der Waals surface area contributed by atoms with Crippen molar-refractivity contribution in [2.75, 3.05) is 33.7 Å². The van der Waals surface area contributed by atoms with Gasteiger partial charge in [-0.05, 0) is 37.9 Å². The van der Waals surface area contributed by atoms with Gasteiger partial charge in [-0.1, -0.05) is 46.3 Å². The van der Waals surface area contributed by atoms with Crippen LogP contribution in [-0.2, 0) is 11.3 Å². The number of fused-ring (bicyclic) bond motifs is 1. The topological polar surface area (TPSA) is 60.9 Å². The van der Waals surface area contributed by atoms with E-state index in [1.54, 1.807) is 23.1 Å². The lowest BCUT2D eigenvalue weighted by Crippen LogP contribution is -2.44. The molecule has 0 bridgehead atoms. The molecule has 0 aromatic heterocycles. The number of benzene rings is 2. The minimum absolute atomic E-state index is 0.251. The Morgan fingerprint density at radius 3 is 2.32 bits per heavy atom. The second kappa shape index (κ2) is 8.67. The van der Waals surface area contributed by atoms with E-state index in [1.807, 2.05) is 49.3 Å². The van der Waals surface area contributed by atoms with E-state index in [-0.39, 0.29) is 12.5 Å². The average molecular weight is 444 g/mol. The van der Waals surface area contributed by atoms with Gasteiger partial charge >= 0.3 is 0 Å². The van der Waals surface area contributed by atoms with E-state index in [0.29, 0.717) is 30.8 Å². The highest BCUT2D eigenvalue weighted by Gasteiger charge is 2.37. The van der Waals surface area contributed by atoms with Gasteiger partial charge in [0.05, 0.1) is 11.1 Å². The highest BCUT2D eigenvalue weighted by Crippen LogP contribution is 2.26.